The van der Waals surface area contributed by atoms with E-state index in [0.717, 1.165) is 41.8 Å². The summed E-state index contributed by atoms with van der Waals surface area (Å²) in [6.45, 7) is 3.72. The molecule has 3 heterocycles. The lowest BCUT2D eigenvalue weighted by Crippen LogP contribution is -2.23. The van der Waals surface area contributed by atoms with Crippen molar-refractivity contribution < 1.29 is 0 Å². The number of anilines is 1. The molecule has 1 aliphatic rings. The Hall–Kier alpha value is -2.94. The van der Waals surface area contributed by atoms with Gasteiger partial charge in [-0.2, -0.15) is 15.5 Å². The highest BCUT2D eigenvalue weighted by Gasteiger charge is 2.27. The molecule has 0 N–H and O–H groups in total. The Morgan fingerprint density at radius 3 is 2.83 bits per heavy atom. The van der Waals surface area contributed by atoms with Crippen molar-refractivity contribution >= 4 is 16.6 Å². The van der Waals surface area contributed by atoms with E-state index in [1.54, 1.807) is 6.20 Å². The third-order valence-electron chi connectivity index (χ3n) is 4.42. The van der Waals surface area contributed by atoms with Gasteiger partial charge in [-0.15, -0.1) is 5.10 Å². The molecule has 4 rings (SSSR count). The number of aromatic nitrogens is 4. The van der Waals surface area contributed by atoms with Gasteiger partial charge in [0.1, 0.15) is 6.07 Å². The quantitative estimate of drug-likeness (QED) is 0.727. The number of hydrogen-bond acceptors (Lipinski definition) is 5. The standard InChI is InChI=1S/C17H16N6/c1-12-15-4-2-3-5-16(15)17(21-20-12)22-7-6-14(11-22)23-10-13(8-18)9-19-23/h2-5,9-10,14H,6-7,11H2,1H3. The largest absolute Gasteiger partial charge is 0.352 e. The maximum absolute atomic E-state index is 8.94. The second-order valence-electron chi connectivity index (χ2n) is 5.86. The highest BCUT2D eigenvalue weighted by atomic mass is 15.3. The number of nitriles is 1. The van der Waals surface area contributed by atoms with Gasteiger partial charge < -0.3 is 4.90 Å². The molecule has 1 aromatic carbocycles. The maximum atomic E-state index is 8.94. The molecular weight excluding hydrogens is 288 g/mol. The summed E-state index contributed by atoms with van der Waals surface area (Å²) in [6, 6.07) is 10.6. The predicted octanol–water partition coefficient (Wildman–Crippen LogP) is 2.46. The Bertz CT molecular complexity index is 907. The maximum Gasteiger partial charge on any atom is 0.159 e. The van der Waals surface area contributed by atoms with Gasteiger partial charge in [0.25, 0.3) is 0 Å². The Kier molecular flexibility index (Phi) is 3.19. The molecular formula is C17H16N6. The molecule has 0 saturated carbocycles. The van der Waals surface area contributed by atoms with E-state index >= 15 is 0 Å². The van der Waals surface area contributed by atoms with Gasteiger partial charge in [-0.05, 0) is 13.3 Å². The van der Waals surface area contributed by atoms with Crippen LogP contribution in [0.4, 0.5) is 5.82 Å². The van der Waals surface area contributed by atoms with Gasteiger partial charge in [0.05, 0.1) is 23.5 Å². The fourth-order valence-corrected chi connectivity index (χ4v) is 3.20. The van der Waals surface area contributed by atoms with E-state index < -0.39 is 0 Å². The summed E-state index contributed by atoms with van der Waals surface area (Å²) in [7, 11) is 0. The smallest absolute Gasteiger partial charge is 0.159 e. The molecule has 0 bridgehead atoms. The summed E-state index contributed by atoms with van der Waals surface area (Å²) in [4.78, 5) is 2.26. The summed E-state index contributed by atoms with van der Waals surface area (Å²) >= 11 is 0. The zero-order valence-corrected chi connectivity index (χ0v) is 12.8. The van der Waals surface area contributed by atoms with E-state index in [0.29, 0.717) is 5.56 Å². The van der Waals surface area contributed by atoms with Gasteiger partial charge in [0, 0.05) is 30.1 Å². The van der Waals surface area contributed by atoms with Crippen LogP contribution in [0, 0.1) is 18.3 Å². The predicted molar refractivity (Wildman–Crippen MR) is 87.1 cm³/mol. The summed E-state index contributed by atoms with van der Waals surface area (Å²) in [6.07, 6.45) is 4.41. The molecule has 0 radical (unpaired) electrons. The second kappa shape index (κ2) is 5.36. The van der Waals surface area contributed by atoms with Crippen LogP contribution in [0.15, 0.2) is 36.7 Å². The van der Waals surface area contributed by atoms with Gasteiger partial charge in [-0.1, -0.05) is 24.3 Å². The van der Waals surface area contributed by atoms with Crippen molar-refractivity contribution in [3.63, 3.8) is 0 Å². The summed E-state index contributed by atoms with van der Waals surface area (Å²) < 4.78 is 1.89. The van der Waals surface area contributed by atoms with Gasteiger partial charge in [-0.25, -0.2) is 0 Å². The molecule has 1 fully saturated rings. The first kappa shape index (κ1) is 13.7. The SMILES string of the molecule is Cc1nnc(N2CCC(n3cc(C#N)cn3)C2)c2ccccc12. The lowest BCUT2D eigenvalue weighted by Gasteiger charge is -2.19. The first-order valence-corrected chi connectivity index (χ1v) is 7.67. The van der Waals surface area contributed by atoms with Crippen molar-refractivity contribution in [3.05, 3.63) is 47.9 Å². The Balaban J connectivity index is 1.66. The van der Waals surface area contributed by atoms with Crippen LogP contribution in [0.2, 0.25) is 0 Å². The molecule has 3 aromatic rings. The van der Waals surface area contributed by atoms with Crippen molar-refractivity contribution in [2.75, 3.05) is 18.0 Å². The van der Waals surface area contributed by atoms with E-state index in [1.807, 2.05) is 29.9 Å². The van der Waals surface area contributed by atoms with Crippen LogP contribution < -0.4 is 4.90 Å². The fourth-order valence-electron chi connectivity index (χ4n) is 3.20. The average Bonchev–Trinajstić information content (AvgIpc) is 3.24. The third-order valence-corrected chi connectivity index (χ3v) is 4.42. The normalized spacial score (nSPS) is 17.6. The van der Waals surface area contributed by atoms with Crippen molar-refractivity contribution in [2.45, 2.75) is 19.4 Å². The first-order valence-electron chi connectivity index (χ1n) is 7.67. The van der Waals surface area contributed by atoms with E-state index in [1.165, 1.54) is 0 Å². The van der Waals surface area contributed by atoms with E-state index in [4.69, 9.17) is 5.26 Å². The van der Waals surface area contributed by atoms with Crippen LogP contribution in [-0.4, -0.2) is 33.1 Å². The zero-order valence-electron chi connectivity index (χ0n) is 12.8. The first-order chi connectivity index (χ1) is 11.3. The zero-order chi connectivity index (χ0) is 15.8. The minimum Gasteiger partial charge on any atom is -0.352 e. The van der Waals surface area contributed by atoms with Crippen LogP contribution in [0.1, 0.15) is 23.7 Å². The number of fused-ring (bicyclic) bond motifs is 1. The highest BCUT2D eigenvalue weighted by molar-refractivity contribution is 5.93. The van der Waals surface area contributed by atoms with E-state index in [-0.39, 0.29) is 6.04 Å². The molecule has 23 heavy (non-hydrogen) atoms. The van der Waals surface area contributed by atoms with Crippen molar-refractivity contribution in [3.8, 4) is 6.07 Å². The van der Waals surface area contributed by atoms with Crippen LogP contribution >= 0.6 is 0 Å². The molecule has 1 aliphatic heterocycles. The molecule has 6 nitrogen and oxygen atoms in total. The lowest BCUT2D eigenvalue weighted by atomic mass is 10.1. The van der Waals surface area contributed by atoms with Crippen molar-refractivity contribution in [2.24, 2.45) is 0 Å². The van der Waals surface area contributed by atoms with Gasteiger partial charge in [-0.3, -0.25) is 4.68 Å². The van der Waals surface area contributed by atoms with Crippen LogP contribution in [0.25, 0.3) is 10.8 Å². The van der Waals surface area contributed by atoms with Crippen molar-refractivity contribution in [1.29, 1.82) is 5.26 Å². The molecule has 1 saturated heterocycles. The topological polar surface area (TPSA) is 70.6 Å². The molecule has 6 heteroatoms. The van der Waals surface area contributed by atoms with Gasteiger partial charge in [0.15, 0.2) is 5.82 Å². The van der Waals surface area contributed by atoms with E-state index in [9.17, 15) is 0 Å². The van der Waals surface area contributed by atoms with Crippen molar-refractivity contribution in [1.82, 2.24) is 20.0 Å². The van der Waals surface area contributed by atoms with Crippen LogP contribution in [-0.2, 0) is 0 Å². The number of benzene rings is 1. The molecule has 114 valence electrons. The number of aryl methyl sites for hydroxylation is 1. The molecule has 1 atom stereocenters. The summed E-state index contributed by atoms with van der Waals surface area (Å²) in [5.74, 6) is 0.932. The molecule has 2 aromatic heterocycles. The minimum atomic E-state index is 0.263. The van der Waals surface area contributed by atoms with Gasteiger partial charge >= 0.3 is 0 Å². The number of rotatable bonds is 2. The van der Waals surface area contributed by atoms with Crippen LogP contribution in [0.3, 0.4) is 0 Å². The highest BCUT2D eigenvalue weighted by Crippen LogP contribution is 2.31. The Morgan fingerprint density at radius 2 is 2.04 bits per heavy atom. The third kappa shape index (κ3) is 2.30. The summed E-state index contributed by atoms with van der Waals surface area (Å²) in [5, 5.41) is 24.3. The second-order valence-corrected chi connectivity index (χ2v) is 5.86. The number of hydrogen-bond donors (Lipinski definition) is 0. The van der Waals surface area contributed by atoms with Gasteiger partial charge in [0.2, 0.25) is 0 Å². The molecule has 0 amide bonds. The number of nitrogens with zero attached hydrogens (tertiary/aromatic N) is 6. The molecule has 1 unspecified atom stereocenters. The van der Waals surface area contributed by atoms with E-state index in [2.05, 4.69) is 38.4 Å². The summed E-state index contributed by atoms with van der Waals surface area (Å²) in [5.41, 5.74) is 1.55. The molecule has 0 aliphatic carbocycles. The lowest BCUT2D eigenvalue weighted by molar-refractivity contribution is 0.494. The monoisotopic (exact) mass is 304 g/mol. The Morgan fingerprint density at radius 1 is 1.22 bits per heavy atom. The minimum absolute atomic E-state index is 0.263. The van der Waals surface area contributed by atoms with Crippen LogP contribution in [0.5, 0.6) is 0 Å². The fraction of sp³-hybridized carbons (Fsp3) is 0.294. The Labute approximate surface area is 134 Å². The molecule has 0 spiro atoms. The average molecular weight is 304 g/mol.